The fourth-order valence-corrected chi connectivity index (χ4v) is 9.31. The number of rotatable bonds is 21. The van der Waals surface area contributed by atoms with Gasteiger partial charge in [-0.25, -0.2) is 24.0 Å². The van der Waals surface area contributed by atoms with E-state index in [2.05, 4.69) is 37.2 Å². The number of carbonyl (C=O) groups is 9. The highest BCUT2D eigenvalue weighted by Crippen LogP contribution is 2.36. The van der Waals surface area contributed by atoms with Gasteiger partial charge in [-0.05, 0) is 130 Å². The number of hydrogen-bond acceptors (Lipinski definition) is 23. The van der Waals surface area contributed by atoms with Gasteiger partial charge < -0.3 is 99.2 Å². The highest BCUT2D eigenvalue weighted by molar-refractivity contribution is 5.84. The molecule has 1 saturated carbocycles. The van der Waals surface area contributed by atoms with E-state index in [0.29, 0.717) is 0 Å². The smallest absolute Gasteiger partial charge is 0.408 e. The van der Waals surface area contributed by atoms with Gasteiger partial charge in [0, 0.05) is 46.8 Å². The van der Waals surface area contributed by atoms with E-state index in [9.17, 15) is 48.3 Å². The lowest BCUT2D eigenvalue weighted by Gasteiger charge is -2.51. The van der Waals surface area contributed by atoms with E-state index in [0.717, 1.165) is 20.8 Å². The lowest BCUT2D eigenvalue weighted by molar-refractivity contribution is -0.306. The SMILES string of the molecule is CCC1O[C@@H](O[C@H]2C(NCCO)C(O[C@@H]3OC(CNC(=O)OC(C)(C)C)CCC3NC(=O)OC(C)(C)C)[C@@H](NC(=O)OC(C)(C)C)C[C@H]2NC(=O)[C@H](CCNC(=O)OC(C)(C)C)OC(C)=O)C(OC(C)=O)[C@@H](NC(=O)OC(C)(C)C)[C@H]1OC(C)=O. The van der Waals surface area contributed by atoms with Crippen molar-refractivity contribution in [1.29, 1.82) is 0 Å². The molecule has 29 heteroatoms. The van der Waals surface area contributed by atoms with Crippen molar-refractivity contribution in [2.75, 3.05) is 26.2 Å². The van der Waals surface area contributed by atoms with Crippen LogP contribution >= 0.6 is 0 Å². The summed E-state index contributed by atoms with van der Waals surface area (Å²) in [6.45, 7) is 28.7. The van der Waals surface area contributed by atoms with Gasteiger partial charge >= 0.3 is 48.4 Å². The van der Waals surface area contributed by atoms with E-state index in [-0.39, 0.29) is 51.7 Å². The summed E-state index contributed by atoms with van der Waals surface area (Å²) in [5.74, 6) is -3.49. The number of nitrogens with one attached hydrogen (secondary N) is 7. The lowest BCUT2D eigenvalue weighted by Crippen LogP contribution is -2.73. The van der Waals surface area contributed by atoms with Gasteiger partial charge in [-0.15, -0.1) is 0 Å². The van der Waals surface area contributed by atoms with E-state index < -0.39 is 174 Å². The van der Waals surface area contributed by atoms with Crippen LogP contribution in [0, 0.1) is 0 Å². The monoisotopic (exact) mass is 1220 g/mol. The van der Waals surface area contributed by atoms with Gasteiger partial charge in [0.15, 0.2) is 30.9 Å². The fraction of sp³-hybridized carbons (Fsp3) is 0.839. The fourth-order valence-electron chi connectivity index (χ4n) is 9.31. The summed E-state index contributed by atoms with van der Waals surface area (Å²) >= 11 is 0. The molecule has 2 heterocycles. The second-order valence-electron chi connectivity index (χ2n) is 25.9. The Hall–Kier alpha value is -6.01. The summed E-state index contributed by atoms with van der Waals surface area (Å²) in [6.07, 6.45) is -17.1. The molecule has 3 aliphatic rings. The summed E-state index contributed by atoms with van der Waals surface area (Å²) in [5, 5.41) is 30.3. The molecule has 14 atom stereocenters. The standard InChI is InChI=1S/C56H97N7O22/c1-20-36-42(75-30(3)66)39(63-51(73)85-56(17,18)19)43(76-31(4)67)46(78-36)80-40-34(60-44(68)37(74-29(2)65)23-24-58-47(69)81-52(5,6)7)27-35(62-50(72)84-55(14,15)16)41(38(40)57-25-26-64)79-45-33(61-49(71)83-54(11,12)13)22-21-32(77-45)28-59-48(70)82-53(8,9)10/h32-43,45-46,57,64H,20-28H2,1-19H3,(H,58,69)(H,59,70)(H,60,68)(H,61,71)(H,62,72)(H,63,73)/t32?,33?,34-,35+,36?,37+,38?,39+,40-,41?,42+,43?,45+,46+/m1/s1. The maximum absolute atomic E-state index is 14.8. The van der Waals surface area contributed by atoms with Crippen LogP contribution in [0.25, 0.3) is 0 Å². The Bertz CT molecular complexity index is 2260. The molecule has 6 unspecified atom stereocenters. The number of aliphatic hydroxyl groups is 1. The van der Waals surface area contributed by atoms with Gasteiger partial charge in [0.2, 0.25) is 0 Å². The van der Waals surface area contributed by atoms with Crippen molar-refractivity contribution in [3.8, 4) is 0 Å². The van der Waals surface area contributed by atoms with Crippen molar-refractivity contribution in [2.45, 2.75) is 277 Å². The summed E-state index contributed by atoms with van der Waals surface area (Å²) in [6, 6.07) is -6.45. The van der Waals surface area contributed by atoms with Crippen molar-refractivity contribution in [2.24, 2.45) is 0 Å². The number of esters is 3. The van der Waals surface area contributed by atoms with E-state index in [4.69, 9.17) is 56.8 Å². The average Bonchev–Trinajstić information content (AvgIpc) is 1.22. The molecule has 0 spiro atoms. The molecule has 1 aliphatic carbocycles. The Labute approximate surface area is 498 Å². The highest BCUT2D eigenvalue weighted by Gasteiger charge is 2.56. The van der Waals surface area contributed by atoms with Crippen LogP contribution in [0.15, 0.2) is 0 Å². The lowest BCUT2D eigenvalue weighted by atomic mass is 9.81. The minimum atomic E-state index is -1.75. The van der Waals surface area contributed by atoms with Crippen LogP contribution in [0.3, 0.4) is 0 Å². The molecule has 29 nitrogen and oxygen atoms in total. The molecule has 85 heavy (non-hydrogen) atoms. The van der Waals surface area contributed by atoms with E-state index >= 15 is 0 Å². The third-order valence-electron chi connectivity index (χ3n) is 12.2. The number of hydrogen-bond donors (Lipinski definition) is 8. The highest BCUT2D eigenvalue weighted by atomic mass is 16.7. The van der Waals surface area contributed by atoms with E-state index in [1.807, 2.05) is 0 Å². The molecule has 0 radical (unpaired) electrons. The molecule has 3 rings (SSSR count). The molecule has 2 saturated heterocycles. The maximum Gasteiger partial charge on any atom is 0.408 e. The Morgan fingerprint density at radius 2 is 0.965 bits per heavy atom. The Morgan fingerprint density at radius 1 is 0.506 bits per heavy atom. The number of carbonyl (C=O) groups excluding carboxylic acids is 9. The topological polar surface area (TPSA) is 369 Å². The van der Waals surface area contributed by atoms with Crippen LogP contribution in [0.5, 0.6) is 0 Å². The number of amides is 6. The van der Waals surface area contributed by atoms with Crippen molar-refractivity contribution in [3.05, 3.63) is 0 Å². The first kappa shape index (κ1) is 73.2. The molecule has 0 bridgehead atoms. The van der Waals surface area contributed by atoms with E-state index in [1.54, 1.807) is 111 Å². The molecule has 2 aliphatic heterocycles. The van der Waals surface area contributed by atoms with Crippen LogP contribution in [0.2, 0.25) is 0 Å². The van der Waals surface area contributed by atoms with Gasteiger partial charge in [-0.3, -0.25) is 19.2 Å². The van der Waals surface area contributed by atoms with E-state index in [1.165, 1.54) is 0 Å². The third-order valence-corrected chi connectivity index (χ3v) is 12.2. The second-order valence-corrected chi connectivity index (χ2v) is 25.9. The Kier molecular flexibility index (Phi) is 27.2. The van der Waals surface area contributed by atoms with Crippen LogP contribution in [-0.4, -0.2) is 199 Å². The number of alkyl carbamates (subject to hydrolysis) is 5. The van der Waals surface area contributed by atoms with Crippen LogP contribution in [0.1, 0.15) is 164 Å². The van der Waals surface area contributed by atoms with Gasteiger partial charge in [-0.1, -0.05) is 6.92 Å². The van der Waals surface area contributed by atoms with Crippen LogP contribution in [0.4, 0.5) is 24.0 Å². The van der Waals surface area contributed by atoms with Crippen molar-refractivity contribution < 1.29 is 105 Å². The zero-order valence-electron chi connectivity index (χ0n) is 53.0. The predicted octanol–water partition coefficient (Wildman–Crippen LogP) is 4.15. The molecule has 8 N–H and O–H groups in total. The molecule has 0 aromatic rings. The first-order chi connectivity index (χ1) is 39.0. The Balaban J connectivity index is 2.41. The first-order valence-corrected chi connectivity index (χ1v) is 28.8. The second kappa shape index (κ2) is 31.6. The zero-order chi connectivity index (χ0) is 64.6. The normalized spacial score (nSPS) is 26.8. The van der Waals surface area contributed by atoms with Gasteiger partial charge in [-0.2, -0.15) is 0 Å². The summed E-state index contributed by atoms with van der Waals surface area (Å²) in [7, 11) is 0. The van der Waals surface area contributed by atoms with Crippen molar-refractivity contribution in [1.82, 2.24) is 37.2 Å². The summed E-state index contributed by atoms with van der Waals surface area (Å²) < 4.78 is 72.2. The van der Waals surface area contributed by atoms with Gasteiger partial charge in [0.25, 0.3) is 5.91 Å². The van der Waals surface area contributed by atoms with Crippen molar-refractivity contribution in [3.63, 3.8) is 0 Å². The largest absolute Gasteiger partial charge is 0.457 e. The molecular weight excluding hydrogens is 1120 g/mol. The first-order valence-electron chi connectivity index (χ1n) is 28.8. The molecular formula is C56H97N7O22. The van der Waals surface area contributed by atoms with Gasteiger partial charge in [0.1, 0.15) is 34.0 Å². The average molecular weight is 1220 g/mol. The zero-order valence-corrected chi connectivity index (χ0v) is 53.0. The van der Waals surface area contributed by atoms with Crippen molar-refractivity contribution >= 4 is 54.3 Å². The maximum atomic E-state index is 14.8. The molecule has 6 amide bonds. The Morgan fingerprint density at radius 3 is 1.45 bits per heavy atom. The summed E-state index contributed by atoms with van der Waals surface area (Å²) in [4.78, 5) is 121. The molecule has 0 aromatic heterocycles. The predicted molar refractivity (Wildman–Crippen MR) is 301 cm³/mol. The number of aliphatic hydroxyl groups excluding tert-OH is 1. The van der Waals surface area contributed by atoms with Gasteiger partial charge in [0.05, 0.1) is 55.2 Å². The molecule has 0 aromatic carbocycles. The third kappa shape index (κ3) is 27.1. The summed E-state index contributed by atoms with van der Waals surface area (Å²) in [5.41, 5.74) is -4.78. The number of ether oxygens (including phenoxy) is 12. The van der Waals surface area contributed by atoms with Crippen LogP contribution < -0.4 is 37.2 Å². The minimum Gasteiger partial charge on any atom is -0.457 e. The molecule has 488 valence electrons. The minimum absolute atomic E-state index is 0.0942. The quantitative estimate of drug-likeness (QED) is 0.0591. The molecule has 3 fully saturated rings. The van der Waals surface area contributed by atoms with Crippen LogP contribution in [-0.2, 0) is 76.0 Å².